The summed E-state index contributed by atoms with van der Waals surface area (Å²) in [5.41, 5.74) is 0.838. The van der Waals surface area contributed by atoms with Crippen molar-refractivity contribution in [3.63, 3.8) is 0 Å². The number of esters is 1. The van der Waals surface area contributed by atoms with Crippen LogP contribution in [0.2, 0.25) is 0 Å². The molecule has 7 heteroatoms. The highest BCUT2D eigenvalue weighted by atomic mass is 79.9. The third kappa shape index (κ3) is 5.16. The first-order valence-corrected chi connectivity index (χ1v) is 7.80. The lowest BCUT2D eigenvalue weighted by Crippen LogP contribution is -2.42. The fraction of sp³-hybridized carbons (Fsp3) is 0.364. The van der Waals surface area contributed by atoms with Crippen LogP contribution >= 0.6 is 15.9 Å². The molecule has 0 fully saturated rings. The Morgan fingerprint density at radius 2 is 1.94 bits per heavy atom. The van der Waals surface area contributed by atoms with Crippen molar-refractivity contribution in [1.29, 1.82) is 0 Å². The van der Waals surface area contributed by atoms with Crippen molar-refractivity contribution in [2.75, 3.05) is 13.4 Å². The molecule has 1 aromatic rings. The van der Waals surface area contributed by atoms with E-state index in [9.17, 15) is 13.2 Å². The van der Waals surface area contributed by atoms with Crippen molar-refractivity contribution in [1.82, 2.24) is 4.72 Å². The topological polar surface area (TPSA) is 72.5 Å². The van der Waals surface area contributed by atoms with E-state index in [4.69, 9.17) is 0 Å². The summed E-state index contributed by atoms with van der Waals surface area (Å²) in [5, 5.41) is 0. The molecule has 18 heavy (non-hydrogen) atoms. The highest BCUT2D eigenvalue weighted by Crippen LogP contribution is 2.12. The molecule has 0 heterocycles. The van der Waals surface area contributed by atoms with Gasteiger partial charge in [-0.2, -0.15) is 0 Å². The third-order valence-corrected chi connectivity index (χ3v) is 3.44. The van der Waals surface area contributed by atoms with Gasteiger partial charge in [0.05, 0.1) is 13.4 Å². The predicted molar refractivity (Wildman–Crippen MR) is 71.6 cm³/mol. The van der Waals surface area contributed by atoms with E-state index in [-0.39, 0.29) is 6.42 Å². The molecule has 0 aliphatic rings. The number of hydrogen-bond donors (Lipinski definition) is 1. The Kier molecular flexibility index (Phi) is 5.30. The average molecular weight is 336 g/mol. The zero-order valence-corrected chi connectivity index (χ0v) is 12.4. The van der Waals surface area contributed by atoms with E-state index in [1.165, 1.54) is 7.11 Å². The molecule has 0 bridgehead atoms. The lowest BCUT2D eigenvalue weighted by atomic mass is 10.1. The van der Waals surface area contributed by atoms with E-state index in [2.05, 4.69) is 25.4 Å². The first-order chi connectivity index (χ1) is 8.31. The van der Waals surface area contributed by atoms with E-state index in [1.807, 2.05) is 24.3 Å². The molecule has 0 spiro atoms. The van der Waals surface area contributed by atoms with Crippen LogP contribution < -0.4 is 4.72 Å². The van der Waals surface area contributed by atoms with Gasteiger partial charge in [0.25, 0.3) is 0 Å². The summed E-state index contributed by atoms with van der Waals surface area (Å²) in [7, 11) is -2.24. The Morgan fingerprint density at radius 1 is 1.39 bits per heavy atom. The fourth-order valence-electron chi connectivity index (χ4n) is 1.43. The summed E-state index contributed by atoms with van der Waals surface area (Å²) in [6.45, 7) is 0. The second-order valence-electron chi connectivity index (χ2n) is 3.80. The number of benzene rings is 1. The number of sulfonamides is 1. The molecule has 1 aromatic carbocycles. The van der Waals surface area contributed by atoms with Crippen LogP contribution in [-0.4, -0.2) is 33.8 Å². The van der Waals surface area contributed by atoms with Gasteiger partial charge in [-0.1, -0.05) is 28.1 Å². The van der Waals surface area contributed by atoms with Gasteiger partial charge in [-0.05, 0) is 24.1 Å². The maximum Gasteiger partial charge on any atom is 0.324 e. The lowest BCUT2D eigenvalue weighted by molar-refractivity contribution is -0.142. The number of carbonyl (C=O) groups excluding carboxylic acids is 1. The fourth-order valence-corrected chi connectivity index (χ4v) is 2.39. The molecule has 0 aromatic heterocycles. The zero-order valence-electron chi connectivity index (χ0n) is 10.0. The van der Waals surface area contributed by atoms with Crippen molar-refractivity contribution in [3.05, 3.63) is 34.3 Å². The molecule has 0 saturated heterocycles. The molecule has 5 nitrogen and oxygen atoms in total. The van der Waals surface area contributed by atoms with Crippen LogP contribution in [0.1, 0.15) is 5.56 Å². The predicted octanol–water partition coefficient (Wildman–Crippen LogP) is 1.08. The highest BCUT2D eigenvalue weighted by Gasteiger charge is 2.23. The van der Waals surface area contributed by atoms with Crippen molar-refractivity contribution >= 4 is 31.9 Å². The number of hydrogen-bond acceptors (Lipinski definition) is 4. The summed E-state index contributed by atoms with van der Waals surface area (Å²) in [5.74, 6) is -0.608. The van der Waals surface area contributed by atoms with E-state index in [1.54, 1.807) is 0 Å². The molecular weight excluding hydrogens is 322 g/mol. The summed E-state index contributed by atoms with van der Waals surface area (Å²) >= 11 is 3.30. The Hall–Kier alpha value is -0.920. The van der Waals surface area contributed by atoms with Crippen LogP contribution in [0.4, 0.5) is 0 Å². The molecule has 1 N–H and O–H groups in total. The first kappa shape index (κ1) is 15.1. The van der Waals surface area contributed by atoms with E-state index < -0.39 is 22.0 Å². The number of methoxy groups -OCH3 is 1. The third-order valence-electron chi connectivity index (χ3n) is 2.20. The van der Waals surface area contributed by atoms with Crippen molar-refractivity contribution < 1.29 is 17.9 Å². The SMILES string of the molecule is COC(=O)C(Cc1ccc(Br)cc1)NS(C)(=O)=O. The molecule has 1 unspecified atom stereocenters. The number of ether oxygens (including phenoxy) is 1. The van der Waals surface area contributed by atoms with Crippen LogP contribution in [0.5, 0.6) is 0 Å². The number of nitrogens with one attached hydrogen (secondary N) is 1. The first-order valence-electron chi connectivity index (χ1n) is 5.11. The quantitative estimate of drug-likeness (QED) is 0.817. The van der Waals surface area contributed by atoms with Gasteiger partial charge in [0.2, 0.25) is 10.0 Å². The number of halogens is 1. The minimum Gasteiger partial charge on any atom is -0.468 e. The van der Waals surface area contributed by atoms with Gasteiger partial charge in [0.15, 0.2) is 0 Å². The van der Waals surface area contributed by atoms with Gasteiger partial charge < -0.3 is 4.74 Å². The molecule has 0 aliphatic carbocycles. The molecular formula is C11H14BrNO4S. The minimum absolute atomic E-state index is 0.243. The van der Waals surface area contributed by atoms with Gasteiger partial charge in [-0.15, -0.1) is 0 Å². The molecule has 0 amide bonds. The Labute approximate surface area is 115 Å². The van der Waals surface area contributed by atoms with Crippen LogP contribution in [-0.2, 0) is 26.0 Å². The molecule has 1 atom stereocenters. The summed E-state index contributed by atoms with van der Waals surface area (Å²) < 4.78 is 30.1. The van der Waals surface area contributed by atoms with Crippen molar-refractivity contribution in [2.45, 2.75) is 12.5 Å². The van der Waals surface area contributed by atoms with Crippen LogP contribution in [0, 0.1) is 0 Å². The van der Waals surface area contributed by atoms with E-state index in [0.717, 1.165) is 16.3 Å². The standard InChI is InChI=1S/C11H14BrNO4S/c1-17-11(14)10(13-18(2,15)16)7-8-3-5-9(12)6-4-8/h3-6,10,13H,7H2,1-2H3. The Balaban J connectivity index is 2.84. The summed E-state index contributed by atoms with van der Waals surface area (Å²) in [4.78, 5) is 11.5. The van der Waals surface area contributed by atoms with Crippen LogP contribution in [0.15, 0.2) is 28.7 Å². The van der Waals surface area contributed by atoms with Gasteiger partial charge in [-0.3, -0.25) is 4.79 Å². The van der Waals surface area contributed by atoms with Gasteiger partial charge in [0.1, 0.15) is 6.04 Å². The maximum absolute atomic E-state index is 11.5. The van der Waals surface area contributed by atoms with Crippen LogP contribution in [0.25, 0.3) is 0 Å². The van der Waals surface area contributed by atoms with Gasteiger partial charge in [0, 0.05) is 4.47 Å². The normalized spacial score (nSPS) is 13.1. The zero-order chi connectivity index (χ0) is 13.8. The Bertz CT molecular complexity index is 512. The summed E-state index contributed by atoms with van der Waals surface area (Å²) in [6.07, 6.45) is 1.25. The molecule has 0 radical (unpaired) electrons. The highest BCUT2D eigenvalue weighted by molar-refractivity contribution is 9.10. The maximum atomic E-state index is 11.5. The van der Waals surface area contributed by atoms with Gasteiger partial charge in [-0.25, -0.2) is 13.1 Å². The molecule has 1 rings (SSSR count). The van der Waals surface area contributed by atoms with Crippen molar-refractivity contribution in [2.24, 2.45) is 0 Å². The molecule has 0 saturated carbocycles. The second-order valence-corrected chi connectivity index (χ2v) is 6.49. The molecule has 100 valence electrons. The summed E-state index contributed by atoms with van der Waals surface area (Å²) in [6, 6.07) is 6.36. The second kappa shape index (κ2) is 6.31. The number of rotatable bonds is 5. The van der Waals surface area contributed by atoms with E-state index >= 15 is 0 Å². The minimum atomic E-state index is -3.47. The molecule has 0 aliphatic heterocycles. The lowest BCUT2D eigenvalue weighted by Gasteiger charge is -2.15. The smallest absolute Gasteiger partial charge is 0.324 e. The largest absolute Gasteiger partial charge is 0.468 e. The van der Waals surface area contributed by atoms with E-state index in [0.29, 0.717) is 0 Å². The van der Waals surface area contributed by atoms with Crippen molar-refractivity contribution in [3.8, 4) is 0 Å². The number of carbonyl (C=O) groups is 1. The Morgan fingerprint density at radius 3 is 2.39 bits per heavy atom. The average Bonchev–Trinajstić information content (AvgIpc) is 2.28. The monoisotopic (exact) mass is 335 g/mol. The van der Waals surface area contributed by atoms with Crippen LogP contribution in [0.3, 0.4) is 0 Å². The van der Waals surface area contributed by atoms with Gasteiger partial charge >= 0.3 is 5.97 Å².